The van der Waals surface area contributed by atoms with Crippen molar-refractivity contribution in [3.63, 3.8) is 0 Å². The van der Waals surface area contributed by atoms with Crippen molar-refractivity contribution in [2.24, 2.45) is 0 Å². The van der Waals surface area contributed by atoms with Crippen LogP contribution in [0, 0.1) is 0 Å². The molecule has 0 bridgehead atoms. The molecule has 0 saturated carbocycles. The Morgan fingerprint density at radius 2 is 2.00 bits per heavy atom. The molecular weight excluding hydrogens is 282 g/mol. The molecule has 0 amide bonds. The first-order chi connectivity index (χ1) is 10.3. The van der Waals surface area contributed by atoms with E-state index < -0.39 is 0 Å². The first-order valence-corrected chi connectivity index (χ1v) is 7.46. The summed E-state index contributed by atoms with van der Waals surface area (Å²) in [6.07, 6.45) is 3.38. The molecule has 4 nitrogen and oxygen atoms in total. The van der Waals surface area contributed by atoms with Crippen LogP contribution in [0.1, 0.15) is 5.56 Å². The molecule has 0 aliphatic carbocycles. The summed E-state index contributed by atoms with van der Waals surface area (Å²) in [5, 5.41) is 2.97. The fourth-order valence-corrected chi connectivity index (χ4v) is 3.26. The summed E-state index contributed by atoms with van der Waals surface area (Å²) in [5.41, 5.74) is 2.71. The Morgan fingerprint density at radius 3 is 2.95 bits per heavy atom. The van der Waals surface area contributed by atoms with Gasteiger partial charge in [0, 0.05) is 11.6 Å². The molecule has 0 unspecified atom stereocenters. The summed E-state index contributed by atoms with van der Waals surface area (Å²) >= 11 is 1.43. The summed E-state index contributed by atoms with van der Waals surface area (Å²) in [4.78, 5) is 21.2. The van der Waals surface area contributed by atoms with Gasteiger partial charge in [-0.25, -0.2) is 4.98 Å². The minimum atomic E-state index is 0.00272. The Labute approximate surface area is 124 Å². The van der Waals surface area contributed by atoms with Gasteiger partial charge in [0.2, 0.25) is 0 Å². The lowest BCUT2D eigenvalue weighted by molar-refractivity contribution is 0.753. The molecular formula is C16H11N3OS. The quantitative estimate of drug-likeness (QED) is 0.570. The van der Waals surface area contributed by atoms with Gasteiger partial charge in [0.25, 0.3) is 5.56 Å². The van der Waals surface area contributed by atoms with Gasteiger partial charge in [0.05, 0.1) is 23.9 Å². The highest BCUT2D eigenvalue weighted by atomic mass is 32.1. The maximum Gasteiger partial charge on any atom is 0.271 e. The first-order valence-electron chi connectivity index (χ1n) is 6.58. The third-order valence-electron chi connectivity index (χ3n) is 3.49. The summed E-state index contributed by atoms with van der Waals surface area (Å²) in [7, 11) is 0. The third kappa shape index (κ3) is 2.02. The second-order valence-electron chi connectivity index (χ2n) is 4.80. The molecule has 0 saturated heterocycles. The van der Waals surface area contributed by atoms with Crippen molar-refractivity contribution in [3.8, 4) is 0 Å². The molecule has 5 heteroatoms. The smallest absolute Gasteiger partial charge is 0.271 e. The van der Waals surface area contributed by atoms with Crippen molar-refractivity contribution in [1.29, 1.82) is 0 Å². The molecule has 0 aliphatic rings. The van der Waals surface area contributed by atoms with E-state index >= 15 is 0 Å². The fourth-order valence-electron chi connectivity index (χ4n) is 2.47. The number of para-hydroxylation sites is 1. The Balaban J connectivity index is 1.87. The molecule has 0 aliphatic heterocycles. The highest BCUT2D eigenvalue weighted by Gasteiger charge is 2.08. The predicted molar refractivity (Wildman–Crippen MR) is 84.7 cm³/mol. The van der Waals surface area contributed by atoms with E-state index in [1.807, 2.05) is 41.8 Å². The highest BCUT2D eigenvalue weighted by molar-refractivity contribution is 7.17. The second-order valence-corrected chi connectivity index (χ2v) is 5.72. The van der Waals surface area contributed by atoms with Crippen molar-refractivity contribution < 1.29 is 0 Å². The van der Waals surface area contributed by atoms with Gasteiger partial charge < -0.3 is 0 Å². The van der Waals surface area contributed by atoms with Gasteiger partial charge in [-0.05, 0) is 23.1 Å². The number of hydrogen-bond acceptors (Lipinski definition) is 4. The topological polar surface area (TPSA) is 47.8 Å². The third-order valence-corrected chi connectivity index (χ3v) is 4.38. The van der Waals surface area contributed by atoms with Crippen molar-refractivity contribution >= 4 is 32.5 Å². The molecule has 0 atom stereocenters. The summed E-state index contributed by atoms with van der Waals surface area (Å²) in [6, 6.07) is 11.8. The van der Waals surface area contributed by atoms with E-state index in [-0.39, 0.29) is 5.56 Å². The SMILES string of the molecule is O=c1c2sccc2ncn1Cc1cccc2cccnc12. The van der Waals surface area contributed by atoms with E-state index in [9.17, 15) is 4.79 Å². The summed E-state index contributed by atoms with van der Waals surface area (Å²) in [6.45, 7) is 0.480. The Hall–Kier alpha value is -2.53. The van der Waals surface area contributed by atoms with Gasteiger partial charge >= 0.3 is 0 Å². The van der Waals surface area contributed by atoms with Crippen LogP contribution in [-0.2, 0) is 6.54 Å². The second kappa shape index (κ2) is 4.79. The molecule has 0 radical (unpaired) electrons. The zero-order chi connectivity index (χ0) is 14.2. The van der Waals surface area contributed by atoms with Crippen LogP contribution < -0.4 is 5.56 Å². The number of aromatic nitrogens is 3. The van der Waals surface area contributed by atoms with Crippen LogP contribution in [0.15, 0.2) is 59.1 Å². The molecule has 3 heterocycles. The van der Waals surface area contributed by atoms with Gasteiger partial charge in [-0.1, -0.05) is 24.3 Å². The number of hydrogen-bond donors (Lipinski definition) is 0. The van der Waals surface area contributed by atoms with Gasteiger partial charge in [0.1, 0.15) is 4.70 Å². The summed E-state index contributed by atoms with van der Waals surface area (Å²) < 4.78 is 2.34. The molecule has 0 fully saturated rings. The zero-order valence-electron chi connectivity index (χ0n) is 11.1. The van der Waals surface area contributed by atoms with E-state index in [0.29, 0.717) is 11.2 Å². The fraction of sp³-hybridized carbons (Fsp3) is 0.0625. The Kier molecular flexibility index (Phi) is 2.79. The van der Waals surface area contributed by atoms with Crippen molar-refractivity contribution in [2.45, 2.75) is 6.54 Å². The van der Waals surface area contributed by atoms with Crippen molar-refractivity contribution in [3.05, 3.63) is 70.2 Å². The predicted octanol–water partition coefficient (Wildman–Crippen LogP) is 3.05. The molecule has 4 rings (SSSR count). The van der Waals surface area contributed by atoms with E-state index in [0.717, 1.165) is 22.0 Å². The van der Waals surface area contributed by atoms with E-state index in [4.69, 9.17) is 0 Å². The number of rotatable bonds is 2. The van der Waals surface area contributed by atoms with Gasteiger partial charge in [-0.2, -0.15) is 0 Å². The highest BCUT2D eigenvalue weighted by Crippen LogP contribution is 2.17. The molecule has 1 aromatic carbocycles. The number of pyridine rings is 1. The largest absolute Gasteiger partial charge is 0.293 e. The molecule has 0 spiro atoms. The van der Waals surface area contributed by atoms with Crippen LogP contribution in [0.3, 0.4) is 0 Å². The Bertz CT molecular complexity index is 998. The van der Waals surface area contributed by atoms with Crippen LogP contribution >= 0.6 is 11.3 Å². The number of nitrogens with zero attached hydrogens (tertiary/aromatic N) is 3. The van der Waals surface area contributed by atoms with E-state index in [2.05, 4.69) is 9.97 Å². The van der Waals surface area contributed by atoms with E-state index in [1.165, 1.54) is 11.3 Å². The van der Waals surface area contributed by atoms with Gasteiger partial charge in [-0.3, -0.25) is 14.3 Å². The van der Waals surface area contributed by atoms with Crippen LogP contribution in [-0.4, -0.2) is 14.5 Å². The molecule has 21 heavy (non-hydrogen) atoms. The average Bonchev–Trinajstić information content (AvgIpc) is 3.00. The standard InChI is InChI=1S/C16H11N3OS/c20-16-15-13(6-8-21-15)18-10-19(16)9-12-4-1-3-11-5-2-7-17-14(11)12/h1-8,10H,9H2. The minimum absolute atomic E-state index is 0.00272. The van der Waals surface area contributed by atoms with Crippen LogP contribution in [0.2, 0.25) is 0 Å². The number of benzene rings is 1. The van der Waals surface area contributed by atoms with E-state index in [1.54, 1.807) is 17.1 Å². The van der Waals surface area contributed by atoms with Gasteiger partial charge in [0.15, 0.2) is 0 Å². The lowest BCUT2D eigenvalue weighted by Crippen LogP contribution is -2.20. The molecule has 3 aromatic heterocycles. The minimum Gasteiger partial charge on any atom is -0.293 e. The normalized spacial score (nSPS) is 11.2. The first kappa shape index (κ1) is 12.2. The van der Waals surface area contributed by atoms with Crippen LogP contribution in [0.5, 0.6) is 0 Å². The number of thiophene rings is 1. The molecule has 4 aromatic rings. The van der Waals surface area contributed by atoms with Crippen LogP contribution in [0.4, 0.5) is 0 Å². The Morgan fingerprint density at radius 1 is 1.10 bits per heavy atom. The maximum absolute atomic E-state index is 12.4. The average molecular weight is 293 g/mol. The lowest BCUT2D eigenvalue weighted by atomic mass is 10.1. The maximum atomic E-state index is 12.4. The monoisotopic (exact) mass is 293 g/mol. The molecule has 0 N–H and O–H groups in total. The zero-order valence-corrected chi connectivity index (χ0v) is 11.9. The van der Waals surface area contributed by atoms with Crippen molar-refractivity contribution in [2.75, 3.05) is 0 Å². The van der Waals surface area contributed by atoms with Crippen LogP contribution in [0.25, 0.3) is 21.1 Å². The van der Waals surface area contributed by atoms with Gasteiger partial charge in [-0.15, -0.1) is 11.3 Å². The number of fused-ring (bicyclic) bond motifs is 2. The lowest BCUT2D eigenvalue weighted by Gasteiger charge is -2.08. The summed E-state index contributed by atoms with van der Waals surface area (Å²) in [5.74, 6) is 0. The van der Waals surface area contributed by atoms with Crippen molar-refractivity contribution in [1.82, 2.24) is 14.5 Å². The molecule has 102 valence electrons.